The third-order valence-corrected chi connectivity index (χ3v) is 3.46. The second-order valence-corrected chi connectivity index (χ2v) is 4.89. The van der Waals surface area contributed by atoms with Crippen molar-refractivity contribution >= 4 is 11.9 Å². The number of rotatable bonds is 4. The summed E-state index contributed by atoms with van der Waals surface area (Å²) >= 11 is 0. The van der Waals surface area contributed by atoms with Gasteiger partial charge in [0.1, 0.15) is 5.69 Å². The van der Waals surface area contributed by atoms with Gasteiger partial charge in [-0.1, -0.05) is 6.42 Å². The van der Waals surface area contributed by atoms with E-state index in [2.05, 4.69) is 9.97 Å². The lowest BCUT2D eigenvalue weighted by Crippen LogP contribution is -2.37. The molecule has 2 N–H and O–H groups in total. The van der Waals surface area contributed by atoms with Gasteiger partial charge < -0.3 is 10.6 Å². The minimum absolute atomic E-state index is 0.0402. The smallest absolute Gasteiger partial charge is 0.272 e. The lowest BCUT2D eigenvalue weighted by atomic mass is 9.85. The number of amides is 1. The molecule has 1 amide bonds. The number of aromatic nitrogens is 2. The second kappa shape index (κ2) is 5.33. The van der Waals surface area contributed by atoms with Gasteiger partial charge in [0, 0.05) is 18.8 Å². The van der Waals surface area contributed by atoms with E-state index in [4.69, 9.17) is 5.73 Å². The van der Waals surface area contributed by atoms with E-state index < -0.39 is 0 Å². The molecule has 1 aromatic rings. The van der Waals surface area contributed by atoms with Crippen LogP contribution in [0.1, 0.15) is 42.4 Å². The third kappa shape index (κ3) is 2.78. The quantitative estimate of drug-likeness (QED) is 0.879. The van der Waals surface area contributed by atoms with E-state index in [1.54, 1.807) is 6.07 Å². The Morgan fingerprint density at radius 1 is 1.50 bits per heavy atom. The van der Waals surface area contributed by atoms with Crippen molar-refractivity contribution in [1.29, 1.82) is 0 Å². The third-order valence-electron chi connectivity index (χ3n) is 3.46. The van der Waals surface area contributed by atoms with E-state index in [1.165, 1.54) is 19.3 Å². The summed E-state index contributed by atoms with van der Waals surface area (Å²) < 4.78 is 0. The van der Waals surface area contributed by atoms with Crippen molar-refractivity contribution in [2.75, 3.05) is 18.8 Å². The molecule has 2 rings (SSSR count). The van der Waals surface area contributed by atoms with Crippen LogP contribution in [-0.4, -0.2) is 33.9 Å². The average Bonchev–Trinajstić information content (AvgIpc) is 2.26. The van der Waals surface area contributed by atoms with Gasteiger partial charge in [0.2, 0.25) is 5.95 Å². The molecule has 1 fully saturated rings. The molecule has 0 spiro atoms. The van der Waals surface area contributed by atoms with E-state index >= 15 is 0 Å². The molecule has 5 nitrogen and oxygen atoms in total. The van der Waals surface area contributed by atoms with Crippen molar-refractivity contribution in [3.8, 4) is 0 Å². The van der Waals surface area contributed by atoms with Crippen molar-refractivity contribution in [1.82, 2.24) is 14.9 Å². The Balaban J connectivity index is 2.11. The molecule has 1 saturated carbocycles. The van der Waals surface area contributed by atoms with E-state index in [0.29, 0.717) is 18.2 Å². The molecule has 0 bridgehead atoms. The highest BCUT2D eigenvalue weighted by Gasteiger charge is 2.24. The van der Waals surface area contributed by atoms with Gasteiger partial charge in [0.05, 0.1) is 0 Å². The molecule has 5 heteroatoms. The van der Waals surface area contributed by atoms with Gasteiger partial charge in [-0.3, -0.25) is 4.79 Å². The van der Waals surface area contributed by atoms with Gasteiger partial charge in [0.25, 0.3) is 5.91 Å². The van der Waals surface area contributed by atoms with Crippen molar-refractivity contribution < 1.29 is 4.79 Å². The predicted octanol–water partition coefficient (Wildman–Crippen LogP) is 1.63. The molecule has 0 unspecified atom stereocenters. The molecule has 0 aromatic carbocycles. The zero-order valence-corrected chi connectivity index (χ0v) is 11.0. The van der Waals surface area contributed by atoms with Gasteiger partial charge in [-0.05, 0) is 38.7 Å². The van der Waals surface area contributed by atoms with E-state index in [9.17, 15) is 4.79 Å². The van der Waals surface area contributed by atoms with Crippen LogP contribution in [0.4, 0.5) is 5.95 Å². The Hall–Kier alpha value is -1.65. The van der Waals surface area contributed by atoms with Crippen molar-refractivity contribution in [2.45, 2.75) is 33.1 Å². The summed E-state index contributed by atoms with van der Waals surface area (Å²) in [6.07, 6.45) is 3.75. The minimum Gasteiger partial charge on any atom is -0.368 e. The monoisotopic (exact) mass is 248 g/mol. The topological polar surface area (TPSA) is 72.1 Å². The predicted molar refractivity (Wildman–Crippen MR) is 70.1 cm³/mol. The van der Waals surface area contributed by atoms with Crippen molar-refractivity contribution in [3.63, 3.8) is 0 Å². The number of nitrogens with zero attached hydrogens (tertiary/aromatic N) is 3. The first-order valence-corrected chi connectivity index (χ1v) is 6.50. The van der Waals surface area contributed by atoms with Crippen LogP contribution in [0, 0.1) is 12.8 Å². The molecule has 0 aliphatic heterocycles. The molecular formula is C13H20N4O. The Morgan fingerprint density at radius 2 is 2.22 bits per heavy atom. The van der Waals surface area contributed by atoms with Crippen molar-refractivity contribution in [2.24, 2.45) is 5.92 Å². The molecule has 98 valence electrons. The molecule has 0 radical (unpaired) electrons. The SMILES string of the molecule is CCN(CC1CCC1)C(=O)c1cc(C)nc(N)n1. The highest BCUT2D eigenvalue weighted by atomic mass is 16.2. The first kappa shape index (κ1) is 12.8. The van der Waals surface area contributed by atoms with E-state index in [-0.39, 0.29) is 11.9 Å². The molecular weight excluding hydrogens is 228 g/mol. The van der Waals surface area contributed by atoms with E-state index in [1.807, 2.05) is 18.7 Å². The zero-order chi connectivity index (χ0) is 13.1. The summed E-state index contributed by atoms with van der Waals surface area (Å²) in [5, 5.41) is 0. The Kier molecular flexibility index (Phi) is 3.79. The first-order valence-electron chi connectivity index (χ1n) is 6.50. The van der Waals surface area contributed by atoms with Crippen LogP contribution >= 0.6 is 0 Å². The molecule has 1 aromatic heterocycles. The highest BCUT2D eigenvalue weighted by Crippen LogP contribution is 2.27. The van der Waals surface area contributed by atoms with Crippen LogP contribution in [-0.2, 0) is 0 Å². The zero-order valence-electron chi connectivity index (χ0n) is 11.0. The summed E-state index contributed by atoms with van der Waals surface area (Å²) in [4.78, 5) is 22.2. The van der Waals surface area contributed by atoms with E-state index in [0.717, 1.165) is 12.2 Å². The number of anilines is 1. The number of aryl methyl sites for hydroxylation is 1. The number of hydrogen-bond donors (Lipinski definition) is 1. The van der Waals surface area contributed by atoms with Crippen LogP contribution in [0.25, 0.3) is 0 Å². The highest BCUT2D eigenvalue weighted by molar-refractivity contribution is 5.92. The van der Waals surface area contributed by atoms with Crippen LogP contribution in [0.2, 0.25) is 0 Å². The average molecular weight is 248 g/mol. The summed E-state index contributed by atoms with van der Waals surface area (Å²) in [6, 6.07) is 1.70. The number of hydrogen-bond acceptors (Lipinski definition) is 4. The van der Waals surface area contributed by atoms with Crippen molar-refractivity contribution in [3.05, 3.63) is 17.5 Å². The van der Waals surface area contributed by atoms with Gasteiger partial charge >= 0.3 is 0 Å². The molecule has 1 aliphatic carbocycles. The minimum atomic E-state index is -0.0402. The molecule has 18 heavy (non-hydrogen) atoms. The lowest BCUT2D eigenvalue weighted by Gasteiger charge is -2.31. The number of carbonyl (C=O) groups excluding carboxylic acids is 1. The maximum absolute atomic E-state index is 12.3. The summed E-state index contributed by atoms with van der Waals surface area (Å²) in [7, 11) is 0. The molecule has 0 atom stereocenters. The Morgan fingerprint density at radius 3 is 2.72 bits per heavy atom. The van der Waals surface area contributed by atoms with Gasteiger partial charge in [-0.2, -0.15) is 0 Å². The normalized spacial score (nSPS) is 15.2. The number of nitrogens with two attached hydrogens (primary N) is 1. The lowest BCUT2D eigenvalue weighted by molar-refractivity contribution is 0.0700. The molecule has 0 saturated heterocycles. The Labute approximate surface area is 107 Å². The van der Waals surface area contributed by atoms with Gasteiger partial charge in [0.15, 0.2) is 0 Å². The number of nitrogen functional groups attached to an aromatic ring is 1. The maximum atomic E-state index is 12.3. The largest absolute Gasteiger partial charge is 0.368 e. The van der Waals surface area contributed by atoms with Crippen LogP contribution in [0.15, 0.2) is 6.07 Å². The van der Waals surface area contributed by atoms with Crippen LogP contribution in [0.3, 0.4) is 0 Å². The standard InChI is InChI=1S/C13H20N4O/c1-3-17(8-10-5-4-6-10)12(18)11-7-9(2)15-13(14)16-11/h7,10H,3-6,8H2,1-2H3,(H2,14,15,16). The van der Waals surface area contributed by atoms with Crippen LogP contribution < -0.4 is 5.73 Å². The number of carbonyl (C=O) groups is 1. The second-order valence-electron chi connectivity index (χ2n) is 4.89. The fourth-order valence-corrected chi connectivity index (χ4v) is 2.21. The maximum Gasteiger partial charge on any atom is 0.272 e. The summed E-state index contributed by atoms with van der Waals surface area (Å²) in [5.41, 5.74) is 6.72. The molecule has 1 heterocycles. The summed E-state index contributed by atoms with van der Waals surface area (Å²) in [6.45, 7) is 5.35. The fraction of sp³-hybridized carbons (Fsp3) is 0.615. The van der Waals surface area contributed by atoms with Crippen LogP contribution in [0.5, 0.6) is 0 Å². The fourth-order valence-electron chi connectivity index (χ4n) is 2.21. The van der Waals surface area contributed by atoms with Gasteiger partial charge in [-0.25, -0.2) is 9.97 Å². The molecule has 1 aliphatic rings. The summed E-state index contributed by atoms with van der Waals surface area (Å²) in [5.74, 6) is 0.786. The van der Waals surface area contributed by atoms with Gasteiger partial charge in [-0.15, -0.1) is 0 Å². The first-order chi connectivity index (χ1) is 8.60. The Bertz CT molecular complexity index is 422.